The molecule has 15 heavy (non-hydrogen) atoms. The summed E-state index contributed by atoms with van der Waals surface area (Å²) < 4.78 is 13.5. The molecule has 3 heteroatoms. The Morgan fingerprint density at radius 3 is 2.73 bits per heavy atom. The van der Waals surface area contributed by atoms with Crippen molar-refractivity contribution in [2.24, 2.45) is 5.73 Å². The second-order valence-corrected chi connectivity index (χ2v) is 4.83. The number of rotatable bonds is 6. The summed E-state index contributed by atoms with van der Waals surface area (Å²) in [6.07, 6.45) is 0.954. The highest BCUT2D eigenvalue weighted by molar-refractivity contribution is 7.99. The van der Waals surface area contributed by atoms with Gasteiger partial charge in [-0.1, -0.05) is 25.1 Å². The standard InChI is InChI=1S/C12H18FNS/c1-2-15-8-7-10(9-14)11-5-3-4-6-12(11)13/h3-6,10H,2,7-9,14H2,1H3. The van der Waals surface area contributed by atoms with Crippen LogP contribution in [0, 0.1) is 5.82 Å². The van der Waals surface area contributed by atoms with Gasteiger partial charge in [0, 0.05) is 0 Å². The molecule has 1 aromatic rings. The second-order valence-electron chi connectivity index (χ2n) is 3.44. The third kappa shape index (κ3) is 3.84. The molecule has 0 fully saturated rings. The molecule has 0 radical (unpaired) electrons. The molecule has 0 aromatic heterocycles. The van der Waals surface area contributed by atoms with Gasteiger partial charge in [0.25, 0.3) is 0 Å². The predicted molar refractivity (Wildman–Crippen MR) is 65.8 cm³/mol. The predicted octanol–water partition coefficient (Wildman–Crippen LogP) is 3.01. The van der Waals surface area contributed by atoms with E-state index in [1.54, 1.807) is 6.07 Å². The lowest BCUT2D eigenvalue weighted by atomic mass is 9.96. The summed E-state index contributed by atoms with van der Waals surface area (Å²) in [6, 6.07) is 6.93. The minimum Gasteiger partial charge on any atom is -0.330 e. The van der Waals surface area contributed by atoms with Gasteiger partial charge in [-0.2, -0.15) is 11.8 Å². The zero-order chi connectivity index (χ0) is 11.1. The van der Waals surface area contributed by atoms with E-state index >= 15 is 0 Å². The van der Waals surface area contributed by atoms with E-state index in [0.717, 1.165) is 23.5 Å². The summed E-state index contributed by atoms with van der Waals surface area (Å²) in [6.45, 7) is 2.65. The molecule has 1 atom stereocenters. The Morgan fingerprint density at radius 1 is 1.40 bits per heavy atom. The van der Waals surface area contributed by atoms with Crippen molar-refractivity contribution < 1.29 is 4.39 Å². The molecule has 0 aliphatic rings. The Hall–Kier alpha value is -0.540. The van der Waals surface area contributed by atoms with Gasteiger partial charge in [0.2, 0.25) is 0 Å². The lowest BCUT2D eigenvalue weighted by Gasteiger charge is -2.15. The van der Waals surface area contributed by atoms with Crippen LogP contribution in [0.15, 0.2) is 24.3 Å². The maximum atomic E-state index is 13.5. The van der Waals surface area contributed by atoms with Crippen LogP contribution in [0.3, 0.4) is 0 Å². The maximum absolute atomic E-state index is 13.5. The molecule has 0 heterocycles. The highest BCUT2D eigenvalue weighted by Crippen LogP contribution is 2.23. The molecule has 2 N–H and O–H groups in total. The Morgan fingerprint density at radius 2 is 2.13 bits per heavy atom. The molecule has 1 nitrogen and oxygen atoms in total. The van der Waals surface area contributed by atoms with Crippen molar-refractivity contribution in [1.29, 1.82) is 0 Å². The molecular weight excluding hydrogens is 209 g/mol. The molecular formula is C12H18FNS. The normalized spacial score (nSPS) is 12.7. The minimum absolute atomic E-state index is 0.130. The van der Waals surface area contributed by atoms with Crippen molar-refractivity contribution in [3.05, 3.63) is 35.6 Å². The van der Waals surface area contributed by atoms with Gasteiger partial charge < -0.3 is 5.73 Å². The number of hydrogen-bond acceptors (Lipinski definition) is 2. The van der Waals surface area contributed by atoms with Crippen LogP contribution in [0.25, 0.3) is 0 Å². The lowest BCUT2D eigenvalue weighted by Crippen LogP contribution is -2.14. The van der Waals surface area contributed by atoms with E-state index in [9.17, 15) is 4.39 Å². The summed E-state index contributed by atoms with van der Waals surface area (Å²) in [5.41, 5.74) is 6.44. The van der Waals surface area contributed by atoms with Crippen molar-refractivity contribution in [1.82, 2.24) is 0 Å². The van der Waals surface area contributed by atoms with Crippen LogP contribution in [0.4, 0.5) is 4.39 Å². The summed E-state index contributed by atoms with van der Waals surface area (Å²) in [7, 11) is 0. The Labute approximate surface area is 95.2 Å². The molecule has 0 aliphatic carbocycles. The molecule has 0 saturated carbocycles. The van der Waals surface area contributed by atoms with Gasteiger partial charge in [-0.3, -0.25) is 0 Å². The van der Waals surface area contributed by atoms with Gasteiger partial charge in [0.05, 0.1) is 0 Å². The van der Waals surface area contributed by atoms with Crippen LogP contribution in [0.1, 0.15) is 24.8 Å². The fraction of sp³-hybridized carbons (Fsp3) is 0.500. The third-order valence-corrected chi connectivity index (χ3v) is 3.38. The summed E-state index contributed by atoms with van der Waals surface area (Å²) in [4.78, 5) is 0. The Kier molecular flexibility index (Phi) is 5.73. The third-order valence-electron chi connectivity index (χ3n) is 2.44. The molecule has 1 unspecified atom stereocenters. The number of benzene rings is 1. The zero-order valence-electron chi connectivity index (χ0n) is 9.08. The van der Waals surface area contributed by atoms with Crippen molar-refractivity contribution in [2.45, 2.75) is 19.3 Å². The zero-order valence-corrected chi connectivity index (χ0v) is 9.90. The largest absolute Gasteiger partial charge is 0.330 e. The lowest BCUT2D eigenvalue weighted by molar-refractivity contribution is 0.572. The summed E-state index contributed by atoms with van der Waals surface area (Å²) >= 11 is 1.87. The van der Waals surface area contributed by atoms with Crippen LogP contribution in [-0.2, 0) is 0 Å². The van der Waals surface area contributed by atoms with Crippen molar-refractivity contribution >= 4 is 11.8 Å². The number of halogens is 1. The highest BCUT2D eigenvalue weighted by atomic mass is 32.2. The van der Waals surface area contributed by atoms with E-state index in [4.69, 9.17) is 5.73 Å². The highest BCUT2D eigenvalue weighted by Gasteiger charge is 2.12. The monoisotopic (exact) mass is 227 g/mol. The SMILES string of the molecule is CCSCCC(CN)c1ccccc1F. The van der Waals surface area contributed by atoms with Crippen LogP contribution >= 0.6 is 11.8 Å². The van der Waals surface area contributed by atoms with Gasteiger partial charge in [0.1, 0.15) is 5.82 Å². The van der Waals surface area contributed by atoms with E-state index in [-0.39, 0.29) is 11.7 Å². The van der Waals surface area contributed by atoms with Crippen molar-refractivity contribution in [2.75, 3.05) is 18.1 Å². The minimum atomic E-state index is -0.130. The molecule has 0 bridgehead atoms. The van der Waals surface area contributed by atoms with Gasteiger partial charge >= 0.3 is 0 Å². The first-order valence-electron chi connectivity index (χ1n) is 5.31. The topological polar surface area (TPSA) is 26.0 Å². The van der Waals surface area contributed by atoms with Crippen LogP contribution in [0.5, 0.6) is 0 Å². The van der Waals surface area contributed by atoms with E-state index in [0.29, 0.717) is 6.54 Å². The molecule has 0 saturated heterocycles. The van der Waals surface area contributed by atoms with Crippen LogP contribution < -0.4 is 5.73 Å². The van der Waals surface area contributed by atoms with Gasteiger partial charge in [-0.25, -0.2) is 4.39 Å². The average Bonchev–Trinajstić information content (AvgIpc) is 2.26. The summed E-state index contributed by atoms with van der Waals surface area (Å²) in [5, 5.41) is 0. The van der Waals surface area contributed by atoms with E-state index in [1.807, 2.05) is 23.9 Å². The first-order chi connectivity index (χ1) is 7.29. The van der Waals surface area contributed by atoms with Crippen LogP contribution in [-0.4, -0.2) is 18.1 Å². The number of thioether (sulfide) groups is 1. The van der Waals surface area contributed by atoms with E-state index < -0.39 is 0 Å². The average molecular weight is 227 g/mol. The van der Waals surface area contributed by atoms with Gasteiger partial charge in [0.15, 0.2) is 0 Å². The van der Waals surface area contributed by atoms with Gasteiger partial charge in [-0.05, 0) is 42.0 Å². The second kappa shape index (κ2) is 6.85. The van der Waals surface area contributed by atoms with Crippen molar-refractivity contribution in [3.8, 4) is 0 Å². The molecule has 1 rings (SSSR count). The summed E-state index contributed by atoms with van der Waals surface area (Å²) in [5.74, 6) is 2.18. The molecule has 84 valence electrons. The fourth-order valence-electron chi connectivity index (χ4n) is 1.58. The Bertz CT molecular complexity index is 291. The van der Waals surface area contributed by atoms with Crippen LogP contribution in [0.2, 0.25) is 0 Å². The Balaban J connectivity index is 2.61. The maximum Gasteiger partial charge on any atom is 0.126 e. The van der Waals surface area contributed by atoms with E-state index in [2.05, 4.69) is 6.92 Å². The van der Waals surface area contributed by atoms with Gasteiger partial charge in [-0.15, -0.1) is 0 Å². The number of hydrogen-bond donors (Lipinski definition) is 1. The molecule has 1 aromatic carbocycles. The molecule has 0 aliphatic heterocycles. The molecule has 0 amide bonds. The first-order valence-corrected chi connectivity index (χ1v) is 6.47. The molecule has 0 spiro atoms. The number of nitrogens with two attached hydrogens (primary N) is 1. The first kappa shape index (κ1) is 12.5. The fourth-order valence-corrected chi connectivity index (χ4v) is 2.32. The van der Waals surface area contributed by atoms with Crippen molar-refractivity contribution in [3.63, 3.8) is 0 Å². The quantitative estimate of drug-likeness (QED) is 0.756. The van der Waals surface area contributed by atoms with E-state index in [1.165, 1.54) is 6.07 Å². The smallest absolute Gasteiger partial charge is 0.126 e.